The van der Waals surface area contributed by atoms with Gasteiger partial charge in [0.15, 0.2) is 5.82 Å². The first-order valence-corrected chi connectivity index (χ1v) is 10.9. The lowest BCUT2D eigenvalue weighted by molar-refractivity contribution is -0.137. The molecule has 0 radical (unpaired) electrons. The Kier molecular flexibility index (Phi) is 6.20. The smallest absolute Gasteiger partial charge is 0.356 e. The third-order valence-electron chi connectivity index (χ3n) is 6.13. The van der Waals surface area contributed by atoms with Crippen molar-refractivity contribution in [3.8, 4) is 17.5 Å². The summed E-state index contributed by atoms with van der Waals surface area (Å²) in [5, 5.41) is 11.6. The third-order valence-corrected chi connectivity index (χ3v) is 6.44. The molecular weight excluding hydrogens is 457 g/mol. The van der Waals surface area contributed by atoms with Crippen molar-refractivity contribution in [2.75, 3.05) is 24.5 Å². The maximum atomic E-state index is 13.1. The highest BCUT2D eigenvalue weighted by molar-refractivity contribution is 6.31. The van der Waals surface area contributed by atoms with Gasteiger partial charge >= 0.3 is 6.18 Å². The number of halogens is 4. The summed E-state index contributed by atoms with van der Waals surface area (Å²) in [6.45, 7) is 2.04. The van der Waals surface area contributed by atoms with Crippen LogP contribution in [-0.2, 0) is 17.5 Å². The molecule has 1 saturated carbocycles. The minimum Gasteiger partial charge on any atom is -0.356 e. The zero-order valence-electron chi connectivity index (χ0n) is 17.6. The van der Waals surface area contributed by atoms with Gasteiger partial charge in [0.05, 0.1) is 16.7 Å². The molecule has 1 aromatic heterocycles. The number of alkyl halides is 3. The highest BCUT2D eigenvalue weighted by atomic mass is 35.5. The van der Waals surface area contributed by atoms with Crippen molar-refractivity contribution in [3.63, 3.8) is 0 Å². The first kappa shape index (κ1) is 23.3. The van der Waals surface area contributed by atoms with Gasteiger partial charge in [-0.1, -0.05) is 17.7 Å². The molecule has 1 aromatic carbocycles. The molecule has 2 aromatic rings. The standard InChI is InChI=1S/C22H22ClF3N6O/c23-17-7-14(1-2-16(17)22(24,25)26)18-29-9-15(10-30-20(33)21(12-28)4-5-21)19(31-18)32-6-3-13(8-27)11-32/h1-2,7,9,13H,3-6,8,10-11,27H2,(H,30,33). The Morgan fingerprint density at radius 3 is 2.73 bits per heavy atom. The Bertz CT molecular complexity index is 1110. The summed E-state index contributed by atoms with van der Waals surface area (Å²) in [5.74, 6) is 0.771. The van der Waals surface area contributed by atoms with Gasteiger partial charge in [0, 0.05) is 37.0 Å². The summed E-state index contributed by atoms with van der Waals surface area (Å²) in [6.07, 6.45) is -1.05. The number of hydrogen-bond donors (Lipinski definition) is 2. The van der Waals surface area contributed by atoms with E-state index in [1.807, 2.05) is 4.90 Å². The molecule has 2 aliphatic rings. The van der Waals surface area contributed by atoms with E-state index in [-0.39, 0.29) is 18.3 Å². The molecule has 7 nitrogen and oxygen atoms in total. The lowest BCUT2D eigenvalue weighted by Crippen LogP contribution is -2.32. The van der Waals surface area contributed by atoms with Crippen LogP contribution >= 0.6 is 11.6 Å². The first-order valence-electron chi connectivity index (χ1n) is 10.5. The molecule has 1 atom stereocenters. The normalized spacial score (nSPS) is 19.3. The van der Waals surface area contributed by atoms with E-state index in [2.05, 4.69) is 21.4 Å². The van der Waals surface area contributed by atoms with Gasteiger partial charge in [-0.3, -0.25) is 4.79 Å². The fourth-order valence-electron chi connectivity index (χ4n) is 3.90. The second-order valence-corrected chi connectivity index (χ2v) is 8.86. The van der Waals surface area contributed by atoms with Gasteiger partial charge < -0.3 is 16.0 Å². The summed E-state index contributed by atoms with van der Waals surface area (Å²) in [6, 6.07) is 5.45. The fraction of sp³-hybridized carbons (Fsp3) is 0.455. The second-order valence-electron chi connectivity index (χ2n) is 8.45. The monoisotopic (exact) mass is 478 g/mol. The van der Waals surface area contributed by atoms with Crippen molar-refractivity contribution in [3.05, 3.63) is 40.5 Å². The molecule has 1 amide bonds. The van der Waals surface area contributed by atoms with Gasteiger partial charge in [0.2, 0.25) is 5.91 Å². The van der Waals surface area contributed by atoms with Crippen LogP contribution in [0.4, 0.5) is 19.0 Å². The van der Waals surface area contributed by atoms with E-state index in [1.54, 1.807) is 6.20 Å². The maximum absolute atomic E-state index is 13.1. The van der Waals surface area contributed by atoms with E-state index >= 15 is 0 Å². The molecule has 1 aliphatic heterocycles. The average molecular weight is 479 g/mol. The third kappa shape index (κ3) is 4.75. The summed E-state index contributed by atoms with van der Waals surface area (Å²) in [7, 11) is 0. The molecule has 4 rings (SSSR count). The van der Waals surface area contributed by atoms with E-state index in [4.69, 9.17) is 17.3 Å². The molecule has 0 spiro atoms. The molecular formula is C22H22ClF3N6O. The van der Waals surface area contributed by atoms with Crippen molar-refractivity contribution in [1.82, 2.24) is 15.3 Å². The molecule has 174 valence electrons. The maximum Gasteiger partial charge on any atom is 0.417 e. The molecule has 1 saturated heterocycles. The van der Waals surface area contributed by atoms with Gasteiger partial charge in [0.1, 0.15) is 11.2 Å². The molecule has 11 heteroatoms. The number of benzene rings is 1. The highest BCUT2D eigenvalue weighted by Gasteiger charge is 2.50. The van der Waals surface area contributed by atoms with Gasteiger partial charge in [0.25, 0.3) is 0 Å². The Morgan fingerprint density at radius 1 is 1.39 bits per heavy atom. The van der Waals surface area contributed by atoms with E-state index in [0.29, 0.717) is 55.3 Å². The van der Waals surface area contributed by atoms with E-state index in [0.717, 1.165) is 12.5 Å². The first-order chi connectivity index (χ1) is 15.7. The highest BCUT2D eigenvalue weighted by Crippen LogP contribution is 2.45. The van der Waals surface area contributed by atoms with Gasteiger partial charge in [-0.25, -0.2) is 9.97 Å². The minimum atomic E-state index is -4.56. The number of aromatic nitrogens is 2. The number of nitrogens with zero attached hydrogens (tertiary/aromatic N) is 4. The van der Waals surface area contributed by atoms with Crippen LogP contribution < -0.4 is 16.0 Å². The van der Waals surface area contributed by atoms with Crippen LogP contribution in [-0.4, -0.2) is 35.5 Å². The number of nitrogens with one attached hydrogen (secondary N) is 1. The lowest BCUT2D eigenvalue weighted by atomic mass is 10.1. The van der Waals surface area contributed by atoms with Crippen LogP contribution in [0.15, 0.2) is 24.4 Å². The molecule has 0 bridgehead atoms. The number of rotatable bonds is 6. The van der Waals surface area contributed by atoms with Crippen molar-refractivity contribution in [2.24, 2.45) is 17.1 Å². The summed E-state index contributed by atoms with van der Waals surface area (Å²) >= 11 is 5.87. The van der Waals surface area contributed by atoms with Crippen LogP contribution in [0.25, 0.3) is 11.4 Å². The van der Waals surface area contributed by atoms with Crippen molar-refractivity contribution in [2.45, 2.75) is 32.0 Å². The minimum absolute atomic E-state index is 0.134. The lowest BCUT2D eigenvalue weighted by Gasteiger charge is -2.22. The number of hydrogen-bond acceptors (Lipinski definition) is 6. The van der Waals surface area contributed by atoms with Crippen molar-refractivity contribution in [1.29, 1.82) is 5.26 Å². The SMILES string of the molecule is N#CC1(C(=O)NCc2cnc(-c3ccc(C(F)(F)F)c(Cl)c3)nc2N2CCC(CN)C2)CC1. The van der Waals surface area contributed by atoms with Crippen LogP contribution in [0.3, 0.4) is 0 Å². The quantitative estimate of drug-likeness (QED) is 0.657. The fourth-order valence-corrected chi connectivity index (χ4v) is 4.18. The topological polar surface area (TPSA) is 108 Å². The Morgan fingerprint density at radius 2 is 2.15 bits per heavy atom. The largest absolute Gasteiger partial charge is 0.417 e. The number of carbonyl (C=O) groups is 1. The number of anilines is 1. The zero-order valence-corrected chi connectivity index (χ0v) is 18.4. The van der Waals surface area contributed by atoms with Crippen LogP contribution in [0.2, 0.25) is 5.02 Å². The summed E-state index contributed by atoms with van der Waals surface area (Å²) in [4.78, 5) is 23.4. The van der Waals surface area contributed by atoms with Gasteiger partial charge in [-0.2, -0.15) is 18.4 Å². The number of carbonyl (C=O) groups excluding carboxylic acids is 1. The van der Waals surface area contributed by atoms with Gasteiger partial charge in [-0.15, -0.1) is 0 Å². The van der Waals surface area contributed by atoms with Crippen molar-refractivity contribution < 1.29 is 18.0 Å². The second kappa shape index (κ2) is 8.80. The Hall–Kier alpha value is -2.90. The van der Waals surface area contributed by atoms with Crippen LogP contribution in [0.1, 0.15) is 30.4 Å². The van der Waals surface area contributed by atoms with Crippen LogP contribution in [0.5, 0.6) is 0 Å². The molecule has 3 N–H and O–H groups in total. The summed E-state index contributed by atoms with van der Waals surface area (Å²) in [5.41, 5.74) is 4.94. The predicted octanol–water partition coefficient (Wildman–Crippen LogP) is 3.52. The van der Waals surface area contributed by atoms with Gasteiger partial charge in [-0.05, 0) is 43.9 Å². The molecule has 33 heavy (non-hydrogen) atoms. The van der Waals surface area contributed by atoms with Crippen LogP contribution in [0, 0.1) is 22.7 Å². The number of nitrogens with two attached hydrogens (primary N) is 1. The summed E-state index contributed by atoms with van der Waals surface area (Å²) < 4.78 is 39.2. The number of nitriles is 1. The molecule has 2 fully saturated rings. The average Bonchev–Trinajstić information content (AvgIpc) is 3.45. The Balaban J connectivity index is 1.64. The number of amides is 1. The molecule has 2 heterocycles. The van der Waals surface area contributed by atoms with Crippen molar-refractivity contribution >= 4 is 23.3 Å². The predicted molar refractivity (Wildman–Crippen MR) is 116 cm³/mol. The van der Waals surface area contributed by atoms with E-state index < -0.39 is 22.2 Å². The zero-order chi connectivity index (χ0) is 23.8. The van der Waals surface area contributed by atoms with E-state index in [9.17, 15) is 23.2 Å². The van der Waals surface area contributed by atoms with E-state index in [1.165, 1.54) is 12.1 Å². The Labute approximate surface area is 193 Å². The molecule has 1 aliphatic carbocycles. The molecule has 1 unspecified atom stereocenters.